The van der Waals surface area contributed by atoms with Gasteiger partial charge in [0, 0.05) is 39.1 Å². The number of ether oxygens (including phenoxy) is 1. The average molecular weight is 293 g/mol. The number of carboxylic acids is 1. The molecule has 0 saturated carbocycles. The van der Waals surface area contributed by atoms with Crippen LogP contribution in [0.1, 0.15) is 24.0 Å². The van der Waals surface area contributed by atoms with E-state index in [2.05, 4.69) is 4.90 Å². The number of carbonyl (C=O) groups is 1. The molecule has 0 amide bonds. The van der Waals surface area contributed by atoms with Gasteiger partial charge >= 0.3 is 5.97 Å². The highest BCUT2D eigenvalue weighted by Crippen LogP contribution is 2.22. The summed E-state index contributed by atoms with van der Waals surface area (Å²) < 4.78 is 5.28. The highest BCUT2D eigenvalue weighted by molar-refractivity contribution is 5.70. The van der Waals surface area contributed by atoms with Gasteiger partial charge < -0.3 is 14.9 Å². The second-order valence-corrected chi connectivity index (χ2v) is 5.90. The maximum Gasteiger partial charge on any atom is 0.307 e. The van der Waals surface area contributed by atoms with E-state index in [0.717, 1.165) is 17.7 Å². The fraction of sp³-hybridized carbons (Fsp3) is 0.562. The first-order valence-electron chi connectivity index (χ1n) is 7.25. The number of hydrogen-bond acceptors (Lipinski definition) is 4. The van der Waals surface area contributed by atoms with Crippen molar-refractivity contribution in [3.05, 3.63) is 35.4 Å². The largest absolute Gasteiger partial charge is 0.481 e. The highest BCUT2D eigenvalue weighted by atomic mass is 16.5. The average Bonchev–Trinajstić information content (AvgIpc) is 2.40. The summed E-state index contributed by atoms with van der Waals surface area (Å²) in [6, 6.07) is 7.59. The van der Waals surface area contributed by atoms with Gasteiger partial charge in [-0.3, -0.25) is 9.69 Å². The van der Waals surface area contributed by atoms with Gasteiger partial charge in [-0.2, -0.15) is 0 Å². The van der Waals surface area contributed by atoms with E-state index in [9.17, 15) is 9.90 Å². The van der Waals surface area contributed by atoms with E-state index in [4.69, 9.17) is 9.84 Å². The minimum Gasteiger partial charge on any atom is -0.481 e. The van der Waals surface area contributed by atoms with Gasteiger partial charge in [0.05, 0.1) is 12.0 Å². The van der Waals surface area contributed by atoms with Gasteiger partial charge in [-0.05, 0) is 18.2 Å². The minimum atomic E-state index is -0.818. The molecule has 21 heavy (non-hydrogen) atoms. The van der Waals surface area contributed by atoms with E-state index in [-0.39, 0.29) is 6.42 Å². The van der Waals surface area contributed by atoms with E-state index in [0.29, 0.717) is 32.6 Å². The van der Waals surface area contributed by atoms with Crippen molar-refractivity contribution in [1.82, 2.24) is 4.90 Å². The molecule has 1 heterocycles. The van der Waals surface area contributed by atoms with E-state index in [1.165, 1.54) is 0 Å². The SMILES string of the molecule is CN(Cc1ccc(CC(=O)O)cc1)CC1(O)CCOCC1. The van der Waals surface area contributed by atoms with Crippen LogP contribution in [0.2, 0.25) is 0 Å². The minimum absolute atomic E-state index is 0.0515. The van der Waals surface area contributed by atoms with Crippen molar-refractivity contribution in [3.8, 4) is 0 Å². The molecule has 116 valence electrons. The first-order chi connectivity index (χ1) is 9.97. The number of hydrogen-bond donors (Lipinski definition) is 2. The summed E-state index contributed by atoms with van der Waals surface area (Å²) in [7, 11) is 1.98. The summed E-state index contributed by atoms with van der Waals surface area (Å²) in [6.45, 7) is 2.59. The zero-order valence-electron chi connectivity index (χ0n) is 12.4. The van der Waals surface area contributed by atoms with Gasteiger partial charge in [0.25, 0.3) is 0 Å². The van der Waals surface area contributed by atoms with Crippen LogP contribution >= 0.6 is 0 Å². The zero-order valence-corrected chi connectivity index (χ0v) is 12.4. The molecule has 0 aliphatic carbocycles. The van der Waals surface area contributed by atoms with E-state index in [1.807, 2.05) is 31.3 Å². The number of rotatable bonds is 6. The lowest BCUT2D eigenvalue weighted by molar-refractivity contribution is -0.136. The van der Waals surface area contributed by atoms with Crippen LogP contribution in [0.5, 0.6) is 0 Å². The topological polar surface area (TPSA) is 70.0 Å². The number of nitrogens with zero attached hydrogens (tertiary/aromatic N) is 1. The fourth-order valence-corrected chi connectivity index (χ4v) is 2.72. The molecule has 1 aliphatic heterocycles. The number of aliphatic carboxylic acids is 1. The van der Waals surface area contributed by atoms with Gasteiger partial charge in [-0.15, -0.1) is 0 Å². The first kappa shape index (κ1) is 15.9. The molecule has 5 nitrogen and oxygen atoms in total. The number of likely N-dealkylation sites (N-methyl/N-ethyl adjacent to an activating group) is 1. The van der Waals surface area contributed by atoms with Crippen molar-refractivity contribution in [2.75, 3.05) is 26.8 Å². The Labute approximate surface area is 125 Å². The van der Waals surface area contributed by atoms with Crippen molar-refractivity contribution in [3.63, 3.8) is 0 Å². The molecule has 0 aromatic heterocycles. The molecule has 0 spiro atoms. The maximum absolute atomic E-state index is 10.6. The molecule has 0 bridgehead atoms. The Morgan fingerprint density at radius 2 is 1.81 bits per heavy atom. The molecule has 1 fully saturated rings. The molecule has 1 aromatic carbocycles. The van der Waals surface area contributed by atoms with Crippen molar-refractivity contribution < 1.29 is 19.7 Å². The number of benzene rings is 1. The lowest BCUT2D eigenvalue weighted by atomic mass is 9.94. The lowest BCUT2D eigenvalue weighted by Crippen LogP contribution is -2.45. The summed E-state index contributed by atoms with van der Waals surface area (Å²) in [5, 5.41) is 19.2. The van der Waals surface area contributed by atoms with Gasteiger partial charge in [0.15, 0.2) is 0 Å². The molecule has 2 rings (SSSR count). The summed E-state index contributed by atoms with van der Waals surface area (Å²) in [4.78, 5) is 12.7. The zero-order chi connectivity index (χ0) is 15.3. The van der Waals surface area contributed by atoms with Crippen LogP contribution in [0.3, 0.4) is 0 Å². The Morgan fingerprint density at radius 3 is 2.38 bits per heavy atom. The third-order valence-corrected chi connectivity index (χ3v) is 3.82. The lowest BCUT2D eigenvalue weighted by Gasteiger charge is -2.35. The Balaban J connectivity index is 1.87. The monoisotopic (exact) mass is 293 g/mol. The third kappa shape index (κ3) is 5.12. The fourth-order valence-electron chi connectivity index (χ4n) is 2.72. The van der Waals surface area contributed by atoms with Crippen LogP contribution in [0, 0.1) is 0 Å². The Kier molecular flexibility index (Phi) is 5.33. The van der Waals surface area contributed by atoms with Crippen LogP contribution < -0.4 is 0 Å². The third-order valence-electron chi connectivity index (χ3n) is 3.82. The molecular formula is C16H23NO4. The van der Waals surface area contributed by atoms with Crippen LogP contribution in [-0.4, -0.2) is 53.5 Å². The van der Waals surface area contributed by atoms with Gasteiger partial charge in [-0.1, -0.05) is 24.3 Å². The summed E-state index contributed by atoms with van der Waals surface area (Å²) in [5.74, 6) is -0.818. The second kappa shape index (κ2) is 7.02. The maximum atomic E-state index is 10.6. The Bertz CT molecular complexity index is 466. The second-order valence-electron chi connectivity index (χ2n) is 5.90. The molecular weight excluding hydrogens is 270 g/mol. The smallest absolute Gasteiger partial charge is 0.307 e. The molecule has 1 aliphatic rings. The normalized spacial score (nSPS) is 17.9. The van der Waals surface area contributed by atoms with Crippen molar-refractivity contribution >= 4 is 5.97 Å². The standard InChI is InChI=1S/C16H23NO4/c1-17(12-16(20)6-8-21-9-7-16)11-14-4-2-13(3-5-14)10-15(18)19/h2-5,20H,6-12H2,1H3,(H,18,19). The van der Waals surface area contributed by atoms with Gasteiger partial charge in [0.2, 0.25) is 0 Å². The van der Waals surface area contributed by atoms with Gasteiger partial charge in [-0.25, -0.2) is 0 Å². The molecule has 1 aromatic rings. The van der Waals surface area contributed by atoms with E-state index in [1.54, 1.807) is 0 Å². The number of aliphatic hydroxyl groups is 1. The predicted octanol–water partition coefficient (Wildman–Crippen LogP) is 1.29. The first-order valence-corrected chi connectivity index (χ1v) is 7.25. The molecule has 0 atom stereocenters. The van der Waals surface area contributed by atoms with Crippen LogP contribution in [-0.2, 0) is 22.5 Å². The molecule has 0 unspecified atom stereocenters. The summed E-state index contributed by atoms with van der Waals surface area (Å²) >= 11 is 0. The van der Waals surface area contributed by atoms with Crippen LogP contribution in [0.25, 0.3) is 0 Å². The summed E-state index contributed by atoms with van der Waals surface area (Å²) in [6.07, 6.45) is 1.40. The molecule has 2 N–H and O–H groups in total. The van der Waals surface area contributed by atoms with E-state index >= 15 is 0 Å². The van der Waals surface area contributed by atoms with Crippen LogP contribution in [0.4, 0.5) is 0 Å². The molecule has 5 heteroatoms. The Morgan fingerprint density at radius 1 is 1.24 bits per heavy atom. The molecule has 1 saturated heterocycles. The summed E-state index contributed by atoms with van der Waals surface area (Å²) in [5.41, 5.74) is 1.26. The van der Waals surface area contributed by atoms with Crippen molar-refractivity contribution in [1.29, 1.82) is 0 Å². The Hall–Kier alpha value is -1.43. The van der Waals surface area contributed by atoms with Gasteiger partial charge in [0.1, 0.15) is 0 Å². The van der Waals surface area contributed by atoms with Crippen molar-refractivity contribution in [2.24, 2.45) is 0 Å². The molecule has 0 radical (unpaired) electrons. The van der Waals surface area contributed by atoms with E-state index < -0.39 is 11.6 Å². The highest BCUT2D eigenvalue weighted by Gasteiger charge is 2.30. The quantitative estimate of drug-likeness (QED) is 0.827. The number of carboxylic acid groups (broad SMARTS) is 1. The van der Waals surface area contributed by atoms with Crippen LogP contribution in [0.15, 0.2) is 24.3 Å². The van der Waals surface area contributed by atoms with Crippen molar-refractivity contribution in [2.45, 2.75) is 31.4 Å². The predicted molar refractivity (Wildman–Crippen MR) is 79.1 cm³/mol.